The van der Waals surface area contributed by atoms with Gasteiger partial charge in [0.2, 0.25) is 10.0 Å². The number of fused-ring (bicyclic) bond motifs is 1. The van der Waals surface area contributed by atoms with Gasteiger partial charge in [-0.25, -0.2) is 13.1 Å². The number of benzene rings is 2. The van der Waals surface area contributed by atoms with Crippen LogP contribution in [0.5, 0.6) is 5.75 Å². The Morgan fingerprint density at radius 3 is 2.39 bits per heavy atom. The summed E-state index contributed by atoms with van der Waals surface area (Å²) in [6.45, 7) is 0.114. The van der Waals surface area contributed by atoms with Crippen LogP contribution in [0.3, 0.4) is 0 Å². The molecule has 3 rings (SSSR count). The zero-order chi connectivity index (χ0) is 20.7. The van der Waals surface area contributed by atoms with Gasteiger partial charge in [-0.1, -0.05) is 6.07 Å². The molecule has 150 valence electrons. The normalized spacial score (nSPS) is 14.1. The molecule has 0 unspecified atom stereocenters. The number of sulfonamides is 1. The zero-order valence-corrected chi connectivity index (χ0v) is 15.8. The zero-order valence-electron chi connectivity index (χ0n) is 15.0. The van der Waals surface area contributed by atoms with Crippen LogP contribution in [0.1, 0.15) is 27.0 Å². The fourth-order valence-electron chi connectivity index (χ4n) is 3.02. The second-order valence-electron chi connectivity index (χ2n) is 6.21. The molecule has 0 aromatic heterocycles. The van der Waals surface area contributed by atoms with Gasteiger partial charge in [0, 0.05) is 13.1 Å². The number of ether oxygens (including phenoxy) is 1. The van der Waals surface area contributed by atoms with Crippen molar-refractivity contribution in [3.8, 4) is 5.75 Å². The third-order valence-corrected chi connectivity index (χ3v) is 5.94. The van der Waals surface area contributed by atoms with E-state index >= 15 is 0 Å². The minimum absolute atomic E-state index is 0.00968. The molecule has 0 bridgehead atoms. The second-order valence-corrected chi connectivity index (χ2v) is 8.10. The highest BCUT2D eigenvalue weighted by Crippen LogP contribution is 2.34. The van der Waals surface area contributed by atoms with Crippen LogP contribution in [-0.4, -0.2) is 33.4 Å². The maximum Gasteiger partial charge on any atom is 0.416 e. The number of rotatable bonds is 4. The monoisotopic (exact) mass is 414 g/mol. The lowest BCUT2D eigenvalue weighted by Gasteiger charge is -2.18. The molecule has 1 aliphatic heterocycles. The predicted molar refractivity (Wildman–Crippen MR) is 94.3 cm³/mol. The number of hydrogen-bond acceptors (Lipinski definition) is 4. The molecule has 1 amide bonds. The van der Waals surface area contributed by atoms with Gasteiger partial charge in [-0.2, -0.15) is 13.2 Å². The smallest absolute Gasteiger partial charge is 0.416 e. The van der Waals surface area contributed by atoms with E-state index in [1.165, 1.54) is 43.3 Å². The Balaban J connectivity index is 1.93. The second kappa shape index (κ2) is 7.10. The summed E-state index contributed by atoms with van der Waals surface area (Å²) in [4.78, 5) is 14.2. The van der Waals surface area contributed by atoms with Gasteiger partial charge < -0.3 is 9.64 Å². The largest absolute Gasteiger partial charge is 0.496 e. The van der Waals surface area contributed by atoms with Crippen molar-refractivity contribution in [2.75, 3.05) is 14.2 Å². The number of nitrogens with one attached hydrogen (secondary N) is 1. The minimum Gasteiger partial charge on any atom is -0.496 e. The molecule has 2 aromatic carbocycles. The van der Waals surface area contributed by atoms with Gasteiger partial charge in [0.05, 0.1) is 23.1 Å². The third-order valence-electron chi connectivity index (χ3n) is 4.52. The summed E-state index contributed by atoms with van der Waals surface area (Å²) < 4.78 is 70.1. The molecule has 28 heavy (non-hydrogen) atoms. The summed E-state index contributed by atoms with van der Waals surface area (Å²) in [6, 6.07) is 7.22. The molecule has 2 aromatic rings. The van der Waals surface area contributed by atoms with E-state index in [2.05, 4.69) is 4.72 Å². The average molecular weight is 414 g/mol. The summed E-state index contributed by atoms with van der Waals surface area (Å²) in [5.41, 5.74) is 0.253. The quantitative estimate of drug-likeness (QED) is 0.835. The first kappa shape index (κ1) is 20.2. The fraction of sp³-hybridized carbons (Fsp3) is 0.278. The number of methoxy groups -OCH3 is 1. The molecule has 0 saturated carbocycles. The highest BCUT2D eigenvalue weighted by Gasteiger charge is 2.33. The standard InChI is InChI=1S/C18H17F3N2O4S/c1-22-28(25,26)14-5-6-16(27-2)15(8-14)17(24)23-9-11-3-4-13(18(19,20)21)7-12(11)10-23/h3-8,22H,9-10H2,1-2H3. The molecule has 1 heterocycles. The van der Waals surface area contributed by atoms with Gasteiger partial charge in [0.15, 0.2) is 0 Å². The van der Waals surface area contributed by atoms with Gasteiger partial charge in [0.25, 0.3) is 5.91 Å². The van der Waals surface area contributed by atoms with Gasteiger partial charge in [-0.3, -0.25) is 4.79 Å². The number of halogens is 3. The molecule has 0 saturated heterocycles. The van der Waals surface area contributed by atoms with E-state index in [-0.39, 0.29) is 29.3 Å². The van der Waals surface area contributed by atoms with Crippen LogP contribution < -0.4 is 9.46 Å². The Labute approximate surface area is 160 Å². The van der Waals surface area contributed by atoms with Crippen molar-refractivity contribution in [1.82, 2.24) is 9.62 Å². The van der Waals surface area contributed by atoms with Crippen molar-refractivity contribution in [2.45, 2.75) is 24.2 Å². The summed E-state index contributed by atoms with van der Waals surface area (Å²) in [5.74, 6) is -0.359. The summed E-state index contributed by atoms with van der Waals surface area (Å²) in [6.07, 6.45) is -4.47. The Kier molecular flexibility index (Phi) is 5.11. The van der Waals surface area contributed by atoms with Gasteiger partial charge >= 0.3 is 6.18 Å². The SMILES string of the molecule is CNS(=O)(=O)c1ccc(OC)c(C(=O)N2Cc3ccc(C(F)(F)F)cc3C2)c1. The van der Waals surface area contributed by atoms with Crippen molar-refractivity contribution < 1.29 is 31.1 Å². The number of hydrogen-bond donors (Lipinski definition) is 1. The van der Waals surface area contributed by atoms with E-state index < -0.39 is 27.7 Å². The van der Waals surface area contributed by atoms with E-state index in [9.17, 15) is 26.4 Å². The van der Waals surface area contributed by atoms with Gasteiger partial charge in [0.1, 0.15) is 5.75 Å². The van der Waals surface area contributed by atoms with Crippen LogP contribution in [0, 0.1) is 0 Å². The van der Waals surface area contributed by atoms with Crippen molar-refractivity contribution in [1.29, 1.82) is 0 Å². The maximum atomic E-state index is 13.0. The molecule has 1 N–H and O–H groups in total. The topological polar surface area (TPSA) is 75.7 Å². The first-order valence-corrected chi connectivity index (χ1v) is 9.65. The van der Waals surface area contributed by atoms with E-state index in [1.807, 2.05) is 0 Å². The lowest BCUT2D eigenvalue weighted by Crippen LogP contribution is -2.26. The molecular formula is C18H17F3N2O4S. The summed E-state index contributed by atoms with van der Waals surface area (Å²) >= 11 is 0. The van der Waals surface area contributed by atoms with E-state index in [1.54, 1.807) is 0 Å². The average Bonchev–Trinajstić information content (AvgIpc) is 3.09. The molecule has 0 atom stereocenters. The fourth-order valence-corrected chi connectivity index (χ4v) is 3.78. The van der Waals surface area contributed by atoms with E-state index in [0.717, 1.165) is 12.1 Å². The van der Waals surface area contributed by atoms with Crippen LogP contribution in [-0.2, 0) is 29.3 Å². The maximum absolute atomic E-state index is 13.0. The molecule has 0 aliphatic carbocycles. The predicted octanol–water partition coefficient (Wildman–Crippen LogP) is 2.78. The summed E-state index contributed by atoms with van der Waals surface area (Å²) in [7, 11) is -1.19. The molecule has 0 radical (unpaired) electrons. The highest BCUT2D eigenvalue weighted by atomic mass is 32.2. The first-order valence-electron chi connectivity index (χ1n) is 8.16. The summed E-state index contributed by atoms with van der Waals surface area (Å²) in [5, 5.41) is 0. The third kappa shape index (κ3) is 3.69. The molecule has 10 heteroatoms. The van der Waals surface area contributed by atoms with Gasteiger partial charge in [-0.05, 0) is 48.5 Å². The Bertz CT molecular complexity index is 1040. The van der Waals surface area contributed by atoms with Crippen LogP contribution in [0.2, 0.25) is 0 Å². The molecule has 0 fully saturated rings. The number of nitrogens with zero attached hydrogens (tertiary/aromatic N) is 1. The Morgan fingerprint density at radius 1 is 1.11 bits per heavy atom. The first-order chi connectivity index (χ1) is 13.1. The van der Waals surface area contributed by atoms with Crippen molar-refractivity contribution >= 4 is 15.9 Å². The van der Waals surface area contributed by atoms with Crippen molar-refractivity contribution in [2.24, 2.45) is 0 Å². The number of alkyl halides is 3. The lowest BCUT2D eigenvalue weighted by molar-refractivity contribution is -0.137. The van der Waals surface area contributed by atoms with Gasteiger partial charge in [-0.15, -0.1) is 0 Å². The van der Waals surface area contributed by atoms with Crippen LogP contribution >= 0.6 is 0 Å². The van der Waals surface area contributed by atoms with Crippen LogP contribution in [0.15, 0.2) is 41.3 Å². The Hall–Kier alpha value is -2.59. The molecule has 0 spiro atoms. The van der Waals surface area contributed by atoms with Crippen LogP contribution in [0.4, 0.5) is 13.2 Å². The van der Waals surface area contributed by atoms with Crippen LogP contribution in [0.25, 0.3) is 0 Å². The number of carbonyl (C=O) groups is 1. The minimum atomic E-state index is -4.47. The van der Waals surface area contributed by atoms with E-state index in [0.29, 0.717) is 11.1 Å². The van der Waals surface area contributed by atoms with Crippen molar-refractivity contribution in [3.05, 3.63) is 58.7 Å². The molecule has 1 aliphatic rings. The molecular weight excluding hydrogens is 397 g/mol. The molecule has 6 nitrogen and oxygen atoms in total. The Morgan fingerprint density at radius 2 is 1.79 bits per heavy atom. The highest BCUT2D eigenvalue weighted by molar-refractivity contribution is 7.89. The number of amides is 1. The van der Waals surface area contributed by atoms with E-state index in [4.69, 9.17) is 4.74 Å². The number of carbonyl (C=O) groups excluding carboxylic acids is 1. The van der Waals surface area contributed by atoms with Crippen molar-refractivity contribution in [3.63, 3.8) is 0 Å². The lowest BCUT2D eigenvalue weighted by atomic mass is 10.1.